The number of rotatable bonds is 4. The number of aryl methyl sites for hydroxylation is 1. The molecule has 0 atom stereocenters. The Hall–Kier alpha value is -0.973. The molecule has 1 rings (SSSR count). The molecule has 0 unspecified atom stereocenters. The predicted octanol–water partition coefficient (Wildman–Crippen LogP) is 4.30. The molecule has 0 heterocycles. The molecule has 0 aromatic heterocycles. The number of nitrogens with one attached hydrogen (secondary N) is 1. The second kappa shape index (κ2) is 5.12. The van der Waals surface area contributed by atoms with Crippen molar-refractivity contribution in [2.45, 2.75) is 39.4 Å². The van der Waals surface area contributed by atoms with Crippen molar-refractivity contribution < 1.29 is 13.2 Å². The molecule has 0 spiro atoms. The van der Waals surface area contributed by atoms with Crippen LogP contribution in [0.25, 0.3) is 0 Å². The van der Waals surface area contributed by atoms with Gasteiger partial charge in [0.15, 0.2) is 17.5 Å². The number of hydrogen-bond acceptors (Lipinski definition) is 1. The van der Waals surface area contributed by atoms with Gasteiger partial charge >= 0.3 is 0 Å². The first-order valence-corrected chi connectivity index (χ1v) is 9.20. The number of benzene rings is 1. The third-order valence-corrected chi connectivity index (χ3v) is 3.25. The minimum absolute atomic E-state index is 0.229. The van der Waals surface area contributed by atoms with E-state index >= 15 is 0 Å². The predicted molar refractivity (Wildman–Crippen MR) is 67.3 cm³/mol. The summed E-state index contributed by atoms with van der Waals surface area (Å²) in [7, 11) is -1.93. The zero-order chi connectivity index (χ0) is 13.2. The van der Waals surface area contributed by atoms with Crippen molar-refractivity contribution in [3.8, 4) is 0 Å². The summed E-state index contributed by atoms with van der Waals surface area (Å²) < 4.78 is 40.9. The largest absolute Gasteiger partial charge is 0.406 e. The Kier molecular flexibility index (Phi) is 4.24. The van der Waals surface area contributed by atoms with Crippen LogP contribution in [0.4, 0.5) is 18.9 Å². The third-order valence-electron chi connectivity index (χ3n) is 2.25. The maximum Gasteiger partial charge on any atom is 0.184 e. The molecule has 1 aromatic rings. The molecule has 0 radical (unpaired) electrons. The van der Waals surface area contributed by atoms with Gasteiger partial charge in [-0.15, -0.1) is 0 Å². The van der Waals surface area contributed by atoms with Crippen LogP contribution >= 0.6 is 0 Å². The highest BCUT2D eigenvalue weighted by atomic mass is 28.3. The Morgan fingerprint density at radius 3 is 2.18 bits per heavy atom. The van der Waals surface area contributed by atoms with Gasteiger partial charge in [0.25, 0.3) is 0 Å². The first kappa shape index (κ1) is 14.1. The van der Waals surface area contributed by atoms with Crippen molar-refractivity contribution in [3.63, 3.8) is 0 Å². The fourth-order valence-corrected chi connectivity index (χ4v) is 2.56. The Labute approximate surface area is 101 Å². The summed E-state index contributed by atoms with van der Waals surface area (Å²) in [4.78, 5) is 2.81. The maximum atomic E-state index is 14.0. The van der Waals surface area contributed by atoms with Gasteiger partial charge in [-0.25, -0.2) is 13.2 Å². The Bertz CT molecular complexity index is 413. The monoisotopic (exact) mass is 261 g/mol. The van der Waals surface area contributed by atoms with Gasteiger partial charge in [-0.2, -0.15) is 0 Å². The van der Waals surface area contributed by atoms with Crippen LogP contribution in [0.1, 0.15) is 18.9 Å². The van der Waals surface area contributed by atoms with E-state index in [1.165, 1.54) is 0 Å². The van der Waals surface area contributed by atoms with Gasteiger partial charge in [0.2, 0.25) is 0 Å². The van der Waals surface area contributed by atoms with Crippen molar-refractivity contribution in [2.75, 3.05) is 4.98 Å². The average Bonchev–Trinajstić information content (AvgIpc) is 2.20. The van der Waals surface area contributed by atoms with E-state index in [0.717, 1.165) is 6.07 Å². The van der Waals surface area contributed by atoms with E-state index in [-0.39, 0.29) is 11.3 Å². The highest BCUT2D eigenvalue weighted by Gasteiger charge is 2.23. The van der Waals surface area contributed by atoms with Crippen molar-refractivity contribution in [1.82, 2.24) is 0 Å². The Morgan fingerprint density at radius 1 is 1.12 bits per heavy atom. The van der Waals surface area contributed by atoms with E-state index in [4.69, 9.17) is 0 Å². The van der Waals surface area contributed by atoms with Crippen LogP contribution in [-0.2, 0) is 6.42 Å². The molecule has 0 aliphatic rings. The molecule has 0 amide bonds. The van der Waals surface area contributed by atoms with E-state index in [1.54, 1.807) is 0 Å². The molecule has 96 valence electrons. The summed E-state index contributed by atoms with van der Waals surface area (Å²) in [5.41, 5.74) is -0.0835. The minimum atomic E-state index is -1.93. The quantitative estimate of drug-likeness (QED) is 0.629. The average molecular weight is 261 g/mol. The number of hydrogen-bond donors (Lipinski definition) is 1. The lowest BCUT2D eigenvalue weighted by Crippen LogP contribution is -2.33. The van der Waals surface area contributed by atoms with Gasteiger partial charge in [0.05, 0.1) is 0 Å². The molecule has 0 saturated heterocycles. The number of anilines is 1. The first-order chi connectivity index (χ1) is 7.76. The lowest BCUT2D eigenvalue weighted by Gasteiger charge is -2.21. The molecular weight excluding hydrogens is 243 g/mol. The van der Waals surface area contributed by atoms with Gasteiger partial charge < -0.3 is 4.98 Å². The summed E-state index contributed by atoms with van der Waals surface area (Å²) in [6, 6.07) is 0.948. The molecule has 1 aromatic carbocycles. The van der Waals surface area contributed by atoms with Crippen LogP contribution in [0.3, 0.4) is 0 Å². The van der Waals surface area contributed by atoms with E-state index in [2.05, 4.69) is 4.98 Å². The summed E-state index contributed by atoms with van der Waals surface area (Å²) in [5, 5.41) is 0. The van der Waals surface area contributed by atoms with Gasteiger partial charge in [0, 0.05) is 0 Å². The van der Waals surface area contributed by atoms with Gasteiger partial charge in [-0.1, -0.05) is 33.0 Å². The fourth-order valence-electron chi connectivity index (χ4n) is 1.59. The normalized spacial score (nSPS) is 11.7. The summed E-state index contributed by atoms with van der Waals surface area (Å²) in [5.74, 6) is -2.77. The first-order valence-electron chi connectivity index (χ1n) is 5.70. The zero-order valence-corrected chi connectivity index (χ0v) is 11.6. The molecule has 1 N–H and O–H groups in total. The lowest BCUT2D eigenvalue weighted by molar-refractivity contribution is 0.495. The van der Waals surface area contributed by atoms with Crippen LogP contribution < -0.4 is 4.98 Å². The van der Waals surface area contributed by atoms with Crippen molar-refractivity contribution in [1.29, 1.82) is 0 Å². The SMILES string of the molecule is CCCc1cc(F)c(F)c(N[Si](C)(C)C)c1F. The summed E-state index contributed by atoms with van der Waals surface area (Å²) >= 11 is 0. The highest BCUT2D eigenvalue weighted by Crippen LogP contribution is 2.27. The standard InChI is InChI=1S/C12H18F3NSi/c1-5-6-8-7-9(13)11(15)12(10(8)14)16-17(2,3)4/h7,16H,5-6H2,1-4H3. The molecule has 0 aliphatic carbocycles. The molecule has 0 aliphatic heterocycles. The molecule has 0 fully saturated rings. The Morgan fingerprint density at radius 2 is 1.71 bits per heavy atom. The van der Waals surface area contributed by atoms with E-state index in [0.29, 0.717) is 12.8 Å². The minimum Gasteiger partial charge on any atom is -0.406 e. The van der Waals surface area contributed by atoms with Crippen LogP contribution in [0.2, 0.25) is 19.6 Å². The smallest absolute Gasteiger partial charge is 0.184 e. The molecule has 1 nitrogen and oxygen atoms in total. The maximum absolute atomic E-state index is 14.0. The van der Waals surface area contributed by atoms with Gasteiger partial charge in [-0.3, -0.25) is 0 Å². The van der Waals surface area contributed by atoms with Crippen molar-refractivity contribution >= 4 is 13.9 Å². The van der Waals surface area contributed by atoms with Gasteiger partial charge in [0.1, 0.15) is 13.9 Å². The second-order valence-electron chi connectivity index (χ2n) is 5.15. The molecule has 17 heavy (non-hydrogen) atoms. The fraction of sp³-hybridized carbons (Fsp3) is 0.500. The Balaban J connectivity index is 3.26. The molecule has 0 bridgehead atoms. The van der Waals surface area contributed by atoms with Crippen LogP contribution in [0, 0.1) is 17.5 Å². The van der Waals surface area contributed by atoms with Crippen LogP contribution in [-0.4, -0.2) is 8.24 Å². The summed E-state index contributed by atoms with van der Waals surface area (Å²) in [6.07, 6.45) is 1.10. The third kappa shape index (κ3) is 3.49. The van der Waals surface area contributed by atoms with E-state index < -0.39 is 25.7 Å². The van der Waals surface area contributed by atoms with Crippen molar-refractivity contribution in [2.24, 2.45) is 0 Å². The lowest BCUT2D eigenvalue weighted by atomic mass is 10.1. The second-order valence-corrected chi connectivity index (χ2v) is 9.90. The van der Waals surface area contributed by atoms with Crippen LogP contribution in [0.15, 0.2) is 6.07 Å². The molecule has 5 heteroatoms. The van der Waals surface area contributed by atoms with Gasteiger partial charge in [-0.05, 0) is 18.1 Å². The van der Waals surface area contributed by atoms with Crippen LogP contribution in [0.5, 0.6) is 0 Å². The molecular formula is C12H18F3NSi. The summed E-state index contributed by atoms with van der Waals surface area (Å²) in [6.45, 7) is 7.56. The molecule has 0 saturated carbocycles. The van der Waals surface area contributed by atoms with E-state index in [9.17, 15) is 13.2 Å². The van der Waals surface area contributed by atoms with E-state index in [1.807, 2.05) is 26.6 Å². The number of halogens is 3. The van der Waals surface area contributed by atoms with Crippen molar-refractivity contribution in [3.05, 3.63) is 29.1 Å². The highest BCUT2D eigenvalue weighted by molar-refractivity contribution is 6.79. The topological polar surface area (TPSA) is 12.0 Å². The zero-order valence-electron chi connectivity index (χ0n) is 10.6.